The van der Waals surface area contributed by atoms with Crippen LogP contribution in [0.5, 0.6) is 0 Å². The number of rotatable bonds is 6. The van der Waals surface area contributed by atoms with Gasteiger partial charge in [-0.05, 0) is 6.42 Å². The van der Waals surface area contributed by atoms with Crippen LogP contribution in [0.1, 0.15) is 17.9 Å². The van der Waals surface area contributed by atoms with Crippen molar-refractivity contribution in [2.45, 2.75) is 12.8 Å². The highest BCUT2D eigenvalue weighted by Crippen LogP contribution is 2.19. The van der Waals surface area contributed by atoms with E-state index in [0.717, 1.165) is 36.4 Å². The van der Waals surface area contributed by atoms with E-state index in [1.54, 1.807) is 6.20 Å². The molecule has 0 aliphatic rings. The Morgan fingerprint density at radius 2 is 1.96 bits per heavy atom. The SMILES string of the molecule is CN(CCCc1cc(-c2ccccc2)no1)c1nccnc1C#N. The molecule has 0 atom stereocenters. The van der Waals surface area contributed by atoms with E-state index in [1.165, 1.54) is 6.20 Å². The molecule has 6 heteroatoms. The van der Waals surface area contributed by atoms with Crippen LogP contribution in [0.25, 0.3) is 11.3 Å². The Balaban J connectivity index is 1.57. The Hall–Kier alpha value is -3.20. The van der Waals surface area contributed by atoms with Crippen molar-refractivity contribution < 1.29 is 4.52 Å². The fourth-order valence-electron chi connectivity index (χ4n) is 2.46. The van der Waals surface area contributed by atoms with Crippen molar-refractivity contribution in [3.05, 3.63) is 60.2 Å². The highest BCUT2D eigenvalue weighted by molar-refractivity contribution is 5.58. The van der Waals surface area contributed by atoms with Crippen LogP contribution in [-0.4, -0.2) is 28.7 Å². The Morgan fingerprint density at radius 1 is 1.17 bits per heavy atom. The smallest absolute Gasteiger partial charge is 0.183 e. The number of anilines is 1. The van der Waals surface area contributed by atoms with Crippen LogP contribution >= 0.6 is 0 Å². The lowest BCUT2D eigenvalue weighted by Gasteiger charge is -2.17. The molecule has 0 fully saturated rings. The van der Waals surface area contributed by atoms with Gasteiger partial charge >= 0.3 is 0 Å². The van der Waals surface area contributed by atoms with Crippen molar-refractivity contribution in [3.63, 3.8) is 0 Å². The molecule has 0 radical (unpaired) electrons. The third-order valence-corrected chi connectivity index (χ3v) is 3.69. The summed E-state index contributed by atoms with van der Waals surface area (Å²) in [6.07, 6.45) is 4.75. The van der Waals surface area contributed by atoms with Crippen molar-refractivity contribution in [2.75, 3.05) is 18.5 Å². The molecule has 0 saturated heterocycles. The lowest BCUT2D eigenvalue weighted by molar-refractivity contribution is 0.383. The number of aromatic nitrogens is 3. The van der Waals surface area contributed by atoms with Crippen LogP contribution in [0.4, 0.5) is 5.82 Å². The van der Waals surface area contributed by atoms with E-state index in [1.807, 2.05) is 48.3 Å². The largest absolute Gasteiger partial charge is 0.361 e. The average molecular weight is 319 g/mol. The van der Waals surface area contributed by atoms with Crippen LogP contribution in [0.2, 0.25) is 0 Å². The van der Waals surface area contributed by atoms with Gasteiger partial charge in [-0.3, -0.25) is 0 Å². The summed E-state index contributed by atoms with van der Waals surface area (Å²) >= 11 is 0. The van der Waals surface area contributed by atoms with Crippen molar-refractivity contribution in [1.82, 2.24) is 15.1 Å². The molecule has 0 N–H and O–H groups in total. The fourth-order valence-corrected chi connectivity index (χ4v) is 2.46. The molecule has 6 nitrogen and oxygen atoms in total. The summed E-state index contributed by atoms with van der Waals surface area (Å²) in [7, 11) is 1.90. The van der Waals surface area contributed by atoms with Gasteiger partial charge in [-0.15, -0.1) is 0 Å². The normalized spacial score (nSPS) is 10.3. The summed E-state index contributed by atoms with van der Waals surface area (Å²) in [5, 5.41) is 13.2. The van der Waals surface area contributed by atoms with Gasteiger partial charge in [0.2, 0.25) is 0 Å². The number of hydrogen-bond donors (Lipinski definition) is 0. The molecule has 0 bridgehead atoms. The maximum absolute atomic E-state index is 9.08. The molecule has 0 unspecified atom stereocenters. The lowest BCUT2D eigenvalue weighted by Crippen LogP contribution is -2.21. The van der Waals surface area contributed by atoms with Crippen LogP contribution in [0.15, 0.2) is 53.3 Å². The molecule has 0 aliphatic carbocycles. The molecule has 2 heterocycles. The highest BCUT2D eigenvalue weighted by Gasteiger charge is 2.11. The van der Waals surface area contributed by atoms with E-state index >= 15 is 0 Å². The number of benzene rings is 1. The first kappa shape index (κ1) is 15.7. The maximum atomic E-state index is 9.08. The van der Waals surface area contributed by atoms with E-state index in [0.29, 0.717) is 11.5 Å². The summed E-state index contributed by atoms with van der Waals surface area (Å²) < 4.78 is 5.40. The van der Waals surface area contributed by atoms with Gasteiger partial charge in [-0.25, -0.2) is 9.97 Å². The van der Waals surface area contributed by atoms with E-state index in [2.05, 4.69) is 21.2 Å². The molecule has 120 valence electrons. The number of nitriles is 1. The van der Waals surface area contributed by atoms with Gasteiger partial charge in [0, 0.05) is 44.0 Å². The van der Waals surface area contributed by atoms with Gasteiger partial charge in [-0.2, -0.15) is 5.26 Å². The summed E-state index contributed by atoms with van der Waals surface area (Å²) in [6.45, 7) is 0.745. The van der Waals surface area contributed by atoms with E-state index in [4.69, 9.17) is 9.78 Å². The summed E-state index contributed by atoms with van der Waals surface area (Å²) in [4.78, 5) is 10.2. The van der Waals surface area contributed by atoms with Gasteiger partial charge < -0.3 is 9.42 Å². The molecule has 0 saturated carbocycles. The minimum absolute atomic E-state index is 0.339. The zero-order valence-corrected chi connectivity index (χ0v) is 13.4. The number of hydrogen-bond acceptors (Lipinski definition) is 6. The minimum Gasteiger partial charge on any atom is -0.361 e. The van der Waals surface area contributed by atoms with Gasteiger partial charge in [0.05, 0.1) is 0 Å². The molecule has 0 aliphatic heterocycles. The zero-order valence-electron chi connectivity index (χ0n) is 13.4. The second kappa shape index (κ2) is 7.38. The molecule has 3 rings (SSSR count). The van der Waals surface area contributed by atoms with Crippen LogP contribution in [0.3, 0.4) is 0 Å². The Kier molecular flexibility index (Phi) is 4.82. The summed E-state index contributed by atoms with van der Waals surface area (Å²) in [5.41, 5.74) is 2.23. The third kappa shape index (κ3) is 3.58. The highest BCUT2D eigenvalue weighted by atomic mass is 16.5. The Labute approximate surface area is 140 Å². The predicted octanol–water partition coefficient (Wildman–Crippen LogP) is 3.07. The van der Waals surface area contributed by atoms with E-state index in [-0.39, 0.29) is 0 Å². The standard InChI is InChI=1S/C18H17N5O/c1-23(18-17(13-19)20-9-10-21-18)11-5-8-15-12-16(22-24-15)14-6-3-2-4-7-14/h2-4,6-7,9-10,12H,5,8,11H2,1H3. The lowest BCUT2D eigenvalue weighted by atomic mass is 10.1. The van der Waals surface area contributed by atoms with Gasteiger partial charge in [0.15, 0.2) is 11.5 Å². The molecule has 2 aromatic heterocycles. The van der Waals surface area contributed by atoms with Crippen LogP contribution in [0, 0.1) is 11.3 Å². The van der Waals surface area contributed by atoms with Crippen molar-refractivity contribution in [3.8, 4) is 17.3 Å². The molecule has 24 heavy (non-hydrogen) atoms. The number of aryl methyl sites for hydroxylation is 1. The van der Waals surface area contributed by atoms with Crippen LogP contribution < -0.4 is 4.90 Å². The van der Waals surface area contributed by atoms with Gasteiger partial charge in [-0.1, -0.05) is 35.5 Å². The molecule has 0 amide bonds. The van der Waals surface area contributed by atoms with Crippen LogP contribution in [-0.2, 0) is 6.42 Å². The molecular weight excluding hydrogens is 302 g/mol. The summed E-state index contributed by atoms with van der Waals surface area (Å²) in [6, 6.07) is 14.0. The summed E-state index contributed by atoms with van der Waals surface area (Å²) in [5.74, 6) is 1.45. The predicted molar refractivity (Wildman–Crippen MR) is 90.3 cm³/mol. The molecular formula is C18H17N5O. The number of nitrogens with zero attached hydrogens (tertiary/aromatic N) is 5. The monoisotopic (exact) mass is 319 g/mol. The topological polar surface area (TPSA) is 78.8 Å². The van der Waals surface area contributed by atoms with Gasteiger partial charge in [0.1, 0.15) is 17.5 Å². The Bertz CT molecular complexity index is 838. The van der Waals surface area contributed by atoms with E-state index in [9.17, 15) is 0 Å². The fraction of sp³-hybridized carbons (Fsp3) is 0.222. The maximum Gasteiger partial charge on any atom is 0.183 e. The first-order valence-corrected chi connectivity index (χ1v) is 7.71. The van der Waals surface area contributed by atoms with Crippen molar-refractivity contribution in [2.24, 2.45) is 0 Å². The molecule has 0 spiro atoms. The third-order valence-electron chi connectivity index (χ3n) is 3.69. The second-order valence-corrected chi connectivity index (χ2v) is 5.41. The van der Waals surface area contributed by atoms with E-state index < -0.39 is 0 Å². The first-order valence-electron chi connectivity index (χ1n) is 7.71. The average Bonchev–Trinajstić information content (AvgIpc) is 3.11. The van der Waals surface area contributed by atoms with Crippen molar-refractivity contribution in [1.29, 1.82) is 5.26 Å². The Morgan fingerprint density at radius 3 is 2.75 bits per heavy atom. The minimum atomic E-state index is 0.339. The second-order valence-electron chi connectivity index (χ2n) is 5.41. The van der Waals surface area contributed by atoms with Crippen molar-refractivity contribution >= 4 is 5.82 Å². The quantitative estimate of drug-likeness (QED) is 0.695. The zero-order chi connectivity index (χ0) is 16.8. The van der Waals surface area contributed by atoms with Gasteiger partial charge in [0.25, 0.3) is 0 Å². The molecule has 1 aromatic carbocycles. The first-order chi connectivity index (χ1) is 11.8. The molecule has 3 aromatic rings.